The van der Waals surface area contributed by atoms with Crippen LogP contribution in [0.5, 0.6) is 0 Å². The number of pyridine rings is 1. The van der Waals surface area contributed by atoms with Gasteiger partial charge in [-0.05, 0) is 37.9 Å². The summed E-state index contributed by atoms with van der Waals surface area (Å²) in [7, 11) is 0. The zero-order chi connectivity index (χ0) is 15.4. The van der Waals surface area contributed by atoms with Crippen molar-refractivity contribution in [1.29, 1.82) is 0 Å². The largest absolute Gasteiger partial charge is 0.340 e. The third-order valence-corrected chi connectivity index (χ3v) is 4.99. The van der Waals surface area contributed by atoms with Gasteiger partial charge in [0.25, 0.3) is 0 Å². The number of hydrogen-bond acceptors (Lipinski definition) is 4. The van der Waals surface area contributed by atoms with Crippen molar-refractivity contribution in [2.75, 3.05) is 39.3 Å². The van der Waals surface area contributed by atoms with E-state index in [9.17, 15) is 4.79 Å². The van der Waals surface area contributed by atoms with Gasteiger partial charge < -0.3 is 10.2 Å². The Morgan fingerprint density at radius 2 is 1.96 bits per heavy atom. The summed E-state index contributed by atoms with van der Waals surface area (Å²) in [5.74, 6) is 0.539. The van der Waals surface area contributed by atoms with Crippen molar-refractivity contribution in [3.63, 3.8) is 0 Å². The Bertz CT molecular complexity index is 492. The van der Waals surface area contributed by atoms with Gasteiger partial charge >= 0.3 is 0 Å². The number of amides is 1. The van der Waals surface area contributed by atoms with Crippen molar-refractivity contribution < 1.29 is 4.79 Å². The Kier molecular flexibility index (Phi) is 11.6. The Balaban J connectivity index is 0.00000192. The molecule has 0 aromatic carbocycles. The van der Waals surface area contributed by atoms with Crippen LogP contribution in [0, 0.1) is 5.92 Å². The van der Waals surface area contributed by atoms with Crippen molar-refractivity contribution >= 4 is 43.1 Å². The molecule has 3 rings (SSSR count). The number of carbonyl (C=O) groups excluding carboxylic acids is 1. The molecular weight excluding hydrogens is 383 g/mol. The molecule has 1 aromatic heterocycles. The number of nitrogens with zero attached hydrogens (tertiary/aromatic N) is 3. The van der Waals surface area contributed by atoms with Crippen LogP contribution in [0.2, 0.25) is 0 Å². The molecule has 0 radical (unpaired) electrons. The number of halogens is 3. The Hall–Kier alpha value is -0.590. The van der Waals surface area contributed by atoms with Gasteiger partial charge in [-0.3, -0.25) is 14.7 Å². The van der Waals surface area contributed by atoms with Crippen molar-refractivity contribution in [3.8, 4) is 0 Å². The lowest BCUT2D eigenvalue weighted by Crippen LogP contribution is -2.52. The summed E-state index contributed by atoms with van der Waals surface area (Å²) in [5.41, 5.74) is 1.25. The van der Waals surface area contributed by atoms with Gasteiger partial charge in [0.2, 0.25) is 5.91 Å². The zero-order valence-electron chi connectivity index (χ0n) is 14.6. The lowest BCUT2D eigenvalue weighted by Gasteiger charge is -2.39. The molecule has 2 aliphatic heterocycles. The number of carbonyl (C=O) groups is 1. The predicted molar refractivity (Wildman–Crippen MR) is 108 cm³/mol. The molecule has 5 nitrogen and oxygen atoms in total. The highest BCUT2D eigenvalue weighted by atomic mass is 35.5. The predicted octanol–water partition coefficient (Wildman–Crippen LogP) is 2.55. The van der Waals surface area contributed by atoms with E-state index in [1.807, 2.05) is 18.5 Å². The Morgan fingerprint density at radius 1 is 1.24 bits per heavy atom. The van der Waals surface area contributed by atoms with E-state index in [1.54, 1.807) is 0 Å². The first kappa shape index (κ1) is 24.4. The zero-order valence-corrected chi connectivity index (χ0v) is 17.0. The van der Waals surface area contributed by atoms with Crippen LogP contribution in [0.1, 0.15) is 31.4 Å². The Labute approximate surface area is 169 Å². The molecule has 8 heteroatoms. The van der Waals surface area contributed by atoms with E-state index in [2.05, 4.69) is 33.1 Å². The second kappa shape index (κ2) is 11.9. The Morgan fingerprint density at radius 3 is 2.52 bits per heavy atom. The number of aromatic nitrogens is 1. The molecule has 0 saturated carbocycles. The van der Waals surface area contributed by atoms with E-state index in [1.165, 1.54) is 5.56 Å². The summed E-state index contributed by atoms with van der Waals surface area (Å²) in [6.45, 7) is 7.72. The van der Waals surface area contributed by atoms with Crippen LogP contribution in [0.4, 0.5) is 0 Å². The molecule has 0 bridgehead atoms. The average molecular weight is 412 g/mol. The summed E-state index contributed by atoms with van der Waals surface area (Å²) in [6, 6.07) is 4.48. The lowest BCUT2D eigenvalue weighted by atomic mass is 9.97. The van der Waals surface area contributed by atoms with Crippen molar-refractivity contribution in [3.05, 3.63) is 30.1 Å². The topological polar surface area (TPSA) is 48.5 Å². The van der Waals surface area contributed by atoms with E-state index in [0.717, 1.165) is 52.1 Å². The standard InChI is InChI=1S/C17H26N4O.3ClH/c1-14(15-4-2-6-18-12-15)20-8-10-21(11-9-20)17(22)16-5-3-7-19-13-16;;;/h2,4,6,12,14,16,19H,3,5,7-11,13H2,1H3;3*1H. The van der Waals surface area contributed by atoms with Crippen molar-refractivity contribution in [2.45, 2.75) is 25.8 Å². The third kappa shape index (κ3) is 6.26. The van der Waals surface area contributed by atoms with Gasteiger partial charge in [0, 0.05) is 51.2 Å². The van der Waals surface area contributed by atoms with E-state index in [0.29, 0.717) is 11.9 Å². The first-order valence-electron chi connectivity index (χ1n) is 8.39. The molecule has 0 spiro atoms. The van der Waals surface area contributed by atoms with Gasteiger partial charge in [-0.25, -0.2) is 0 Å². The first-order chi connectivity index (χ1) is 10.8. The van der Waals surface area contributed by atoms with E-state index >= 15 is 0 Å². The smallest absolute Gasteiger partial charge is 0.227 e. The normalized spacial score (nSPS) is 22.0. The lowest BCUT2D eigenvalue weighted by molar-refractivity contribution is -0.138. The summed E-state index contributed by atoms with van der Waals surface area (Å²) in [4.78, 5) is 21.3. The quantitative estimate of drug-likeness (QED) is 0.830. The SMILES string of the molecule is CC(c1cccnc1)N1CCN(C(=O)C2CCCNC2)CC1.Cl.Cl.Cl. The maximum absolute atomic E-state index is 12.6. The van der Waals surface area contributed by atoms with E-state index in [-0.39, 0.29) is 43.1 Å². The summed E-state index contributed by atoms with van der Waals surface area (Å²) in [5, 5.41) is 3.34. The molecular formula is C17H29Cl3N4O. The van der Waals surface area contributed by atoms with E-state index < -0.39 is 0 Å². The number of nitrogens with one attached hydrogen (secondary N) is 1. The summed E-state index contributed by atoms with van der Waals surface area (Å²) < 4.78 is 0. The number of hydrogen-bond donors (Lipinski definition) is 1. The van der Waals surface area contributed by atoms with E-state index in [4.69, 9.17) is 0 Å². The molecule has 1 aromatic rings. The molecule has 2 saturated heterocycles. The van der Waals surface area contributed by atoms with Crippen molar-refractivity contribution in [2.24, 2.45) is 5.92 Å². The van der Waals surface area contributed by atoms with Crippen LogP contribution in [0.3, 0.4) is 0 Å². The first-order valence-corrected chi connectivity index (χ1v) is 8.39. The van der Waals surface area contributed by atoms with Gasteiger partial charge in [0.05, 0.1) is 5.92 Å². The average Bonchev–Trinajstić information content (AvgIpc) is 2.62. The van der Waals surface area contributed by atoms with Crippen LogP contribution in [-0.4, -0.2) is 60.0 Å². The third-order valence-electron chi connectivity index (χ3n) is 4.99. The van der Waals surface area contributed by atoms with Crippen molar-refractivity contribution in [1.82, 2.24) is 20.1 Å². The van der Waals surface area contributed by atoms with Gasteiger partial charge in [-0.2, -0.15) is 0 Å². The van der Waals surface area contributed by atoms with Gasteiger partial charge in [-0.15, -0.1) is 37.2 Å². The van der Waals surface area contributed by atoms with Gasteiger partial charge in [0.15, 0.2) is 0 Å². The fraction of sp³-hybridized carbons (Fsp3) is 0.647. The van der Waals surface area contributed by atoms with Gasteiger partial charge in [0.1, 0.15) is 0 Å². The molecule has 25 heavy (non-hydrogen) atoms. The molecule has 1 amide bonds. The van der Waals surface area contributed by atoms with Crippen LogP contribution in [-0.2, 0) is 4.79 Å². The minimum Gasteiger partial charge on any atom is -0.340 e. The fourth-order valence-corrected chi connectivity index (χ4v) is 3.48. The monoisotopic (exact) mass is 410 g/mol. The van der Waals surface area contributed by atoms with Crippen LogP contribution < -0.4 is 5.32 Å². The molecule has 2 unspecified atom stereocenters. The van der Waals surface area contributed by atoms with Crippen LogP contribution in [0.25, 0.3) is 0 Å². The van der Waals surface area contributed by atoms with Crippen LogP contribution in [0.15, 0.2) is 24.5 Å². The molecule has 144 valence electrons. The number of rotatable bonds is 3. The highest BCUT2D eigenvalue weighted by molar-refractivity contribution is 5.86. The molecule has 0 aliphatic carbocycles. The molecule has 2 atom stereocenters. The molecule has 3 heterocycles. The fourth-order valence-electron chi connectivity index (χ4n) is 3.48. The molecule has 2 aliphatic rings. The van der Waals surface area contributed by atoms with Gasteiger partial charge in [-0.1, -0.05) is 6.07 Å². The highest BCUT2D eigenvalue weighted by Gasteiger charge is 2.29. The second-order valence-corrected chi connectivity index (χ2v) is 6.37. The molecule has 2 fully saturated rings. The number of piperazine rings is 1. The maximum Gasteiger partial charge on any atom is 0.227 e. The summed E-state index contributed by atoms with van der Waals surface area (Å²) in [6.07, 6.45) is 5.91. The summed E-state index contributed by atoms with van der Waals surface area (Å²) >= 11 is 0. The minimum absolute atomic E-state index is 0. The second-order valence-electron chi connectivity index (χ2n) is 6.37. The number of piperidine rings is 1. The highest BCUT2D eigenvalue weighted by Crippen LogP contribution is 2.22. The minimum atomic E-state index is 0. The maximum atomic E-state index is 12.6. The van der Waals surface area contributed by atoms with Crippen LogP contribution >= 0.6 is 37.2 Å². The molecule has 1 N–H and O–H groups in total.